The first-order valence-electron chi connectivity index (χ1n) is 6.56. The Kier molecular flexibility index (Phi) is 4.80. The second-order valence-corrected chi connectivity index (χ2v) is 5.37. The van der Waals surface area contributed by atoms with Crippen LogP contribution in [0.3, 0.4) is 0 Å². The van der Waals surface area contributed by atoms with Crippen LogP contribution in [0.4, 0.5) is 5.82 Å². The van der Waals surface area contributed by atoms with Crippen LogP contribution in [0.2, 0.25) is 0 Å². The van der Waals surface area contributed by atoms with Crippen LogP contribution >= 0.6 is 11.8 Å². The summed E-state index contributed by atoms with van der Waals surface area (Å²) in [6, 6.07) is 8.52. The van der Waals surface area contributed by atoms with Crippen molar-refractivity contribution in [1.82, 2.24) is 9.97 Å². The Hall–Kier alpha value is -1.55. The number of anilines is 1. The summed E-state index contributed by atoms with van der Waals surface area (Å²) in [5.41, 5.74) is 2.46. The van der Waals surface area contributed by atoms with E-state index in [1.807, 2.05) is 0 Å². The molecule has 3 nitrogen and oxygen atoms in total. The summed E-state index contributed by atoms with van der Waals surface area (Å²) >= 11 is 1.70. The van der Waals surface area contributed by atoms with E-state index in [4.69, 9.17) is 0 Å². The number of aromatic nitrogens is 2. The van der Waals surface area contributed by atoms with Gasteiger partial charge in [-0.25, -0.2) is 9.97 Å². The summed E-state index contributed by atoms with van der Waals surface area (Å²) in [6.45, 7) is 7.19. The molecule has 0 aliphatic heterocycles. The number of hydrogen-bond donors (Lipinski definition) is 1. The Morgan fingerprint density at radius 2 is 1.84 bits per heavy atom. The first kappa shape index (κ1) is 13.9. The molecule has 0 spiro atoms. The average molecular weight is 273 g/mol. The van der Waals surface area contributed by atoms with E-state index in [-0.39, 0.29) is 0 Å². The maximum absolute atomic E-state index is 4.42. The smallest absolute Gasteiger partial charge is 0.133 e. The molecule has 0 amide bonds. The zero-order chi connectivity index (χ0) is 13.7. The zero-order valence-electron chi connectivity index (χ0n) is 11.6. The van der Waals surface area contributed by atoms with E-state index in [2.05, 4.69) is 60.3 Å². The molecule has 0 fully saturated rings. The number of rotatable bonds is 5. The molecule has 0 radical (unpaired) electrons. The normalized spacial score (nSPS) is 10.5. The van der Waals surface area contributed by atoms with Crippen LogP contribution in [0, 0.1) is 6.92 Å². The lowest BCUT2D eigenvalue weighted by Crippen LogP contribution is -2.05. The number of nitrogens with one attached hydrogen (secondary N) is 1. The van der Waals surface area contributed by atoms with Gasteiger partial charge in [-0.2, -0.15) is 0 Å². The van der Waals surface area contributed by atoms with E-state index in [0.29, 0.717) is 0 Å². The van der Waals surface area contributed by atoms with Gasteiger partial charge in [-0.15, -0.1) is 0 Å². The molecule has 0 aliphatic carbocycles. The third-order valence-electron chi connectivity index (χ3n) is 2.84. The molecule has 4 heteroatoms. The van der Waals surface area contributed by atoms with Gasteiger partial charge in [0.1, 0.15) is 17.2 Å². The predicted octanol–water partition coefficient (Wildman–Crippen LogP) is 3.93. The van der Waals surface area contributed by atoms with Gasteiger partial charge in [0.2, 0.25) is 0 Å². The fourth-order valence-corrected chi connectivity index (χ4v) is 2.80. The standard InChI is InChI=1S/C15H19N3S/c1-4-13-14(16-5-2)17-10-18-15(13)19-12-8-6-11(3)7-9-12/h6-10H,4-5H2,1-3H3,(H,16,17,18). The second-order valence-electron chi connectivity index (χ2n) is 4.30. The summed E-state index contributed by atoms with van der Waals surface area (Å²) in [5, 5.41) is 4.34. The summed E-state index contributed by atoms with van der Waals surface area (Å²) < 4.78 is 0. The highest BCUT2D eigenvalue weighted by molar-refractivity contribution is 7.99. The average Bonchev–Trinajstić information content (AvgIpc) is 2.42. The lowest BCUT2D eigenvalue weighted by Gasteiger charge is -2.11. The number of aryl methyl sites for hydroxylation is 1. The molecule has 1 aromatic carbocycles. The van der Waals surface area contributed by atoms with Gasteiger partial charge >= 0.3 is 0 Å². The largest absolute Gasteiger partial charge is 0.370 e. The lowest BCUT2D eigenvalue weighted by molar-refractivity contribution is 0.937. The molecule has 2 rings (SSSR count). The van der Waals surface area contributed by atoms with Crippen molar-refractivity contribution in [3.05, 3.63) is 41.7 Å². The minimum Gasteiger partial charge on any atom is -0.370 e. The molecule has 19 heavy (non-hydrogen) atoms. The minimum absolute atomic E-state index is 0.874. The van der Waals surface area contributed by atoms with Gasteiger partial charge in [-0.1, -0.05) is 36.4 Å². The maximum Gasteiger partial charge on any atom is 0.133 e. The van der Waals surface area contributed by atoms with Crippen molar-refractivity contribution < 1.29 is 0 Å². The van der Waals surface area contributed by atoms with Crippen LogP contribution in [0.15, 0.2) is 40.5 Å². The van der Waals surface area contributed by atoms with Gasteiger partial charge < -0.3 is 5.32 Å². The van der Waals surface area contributed by atoms with Gasteiger partial charge in [0.05, 0.1) is 0 Å². The van der Waals surface area contributed by atoms with Crippen molar-refractivity contribution in [2.45, 2.75) is 37.1 Å². The molecule has 1 heterocycles. The molecule has 0 saturated heterocycles. The lowest BCUT2D eigenvalue weighted by atomic mass is 10.2. The molecule has 1 aromatic heterocycles. The van der Waals surface area contributed by atoms with Crippen molar-refractivity contribution in [2.24, 2.45) is 0 Å². The van der Waals surface area contributed by atoms with Crippen LogP contribution in [0.5, 0.6) is 0 Å². The first-order valence-corrected chi connectivity index (χ1v) is 7.38. The van der Waals surface area contributed by atoms with Crippen LogP contribution in [0.1, 0.15) is 25.0 Å². The molecule has 1 N–H and O–H groups in total. The van der Waals surface area contributed by atoms with Crippen molar-refractivity contribution in [1.29, 1.82) is 0 Å². The van der Waals surface area contributed by atoms with Crippen LogP contribution in [-0.4, -0.2) is 16.5 Å². The van der Waals surface area contributed by atoms with Crippen LogP contribution in [-0.2, 0) is 6.42 Å². The summed E-state index contributed by atoms with van der Waals surface area (Å²) in [6.07, 6.45) is 2.56. The van der Waals surface area contributed by atoms with E-state index in [9.17, 15) is 0 Å². The molecule has 0 saturated carbocycles. The van der Waals surface area contributed by atoms with E-state index >= 15 is 0 Å². The fraction of sp³-hybridized carbons (Fsp3) is 0.333. The number of benzene rings is 1. The molecule has 100 valence electrons. The van der Waals surface area contributed by atoms with Crippen molar-refractivity contribution in [3.63, 3.8) is 0 Å². The van der Waals surface area contributed by atoms with Gasteiger partial charge in [0.15, 0.2) is 0 Å². The van der Waals surface area contributed by atoms with Crippen molar-refractivity contribution in [3.8, 4) is 0 Å². The Balaban J connectivity index is 2.28. The van der Waals surface area contributed by atoms with Gasteiger partial charge in [0, 0.05) is 17.0 Å². The molecule has 0 bridgehead atoms. The summed E-state index contributed by atoms with van der Waals surface area (Å²) in [4.78, 5) is 9.95. The third kappa shape index (κ3) is 3.47. The Morgan fingerprint density at radius 3 is 2.47 bits per heavy atom. The summed E-state index contributed by atoms with van der Waals surface area (Å²) in [7, 11) is 0. The third-order valence-corrected chi connectivity index (χ3v) is 3.89. The highest BCUT2D eigenvalue weighted by atomic mass is 32.2. The number of nitrogens with zero attached hydrogens (tertiary/aromatic N) is 2. The molecular formula is C15H19N3S. The number of hydrogen-bond acceptors (Lipinski definition) is 4. The molecule has 0 aliphatic rings. The van der Waals surface area contributed by atoms with Crippen molar-refractivity contribution in [2.75, 3.05) is 11.9 Å². The van der Waals surface area contributed by atoms with E-state index in [1.165, 1.54) is 16.0 Å². The quantitative estimate of drug-likeness (QED) is 0.838. The second kappa shape index (κ2) is 6.57. The zero-order valence-corrected chi connectivity index (χ0v) is 12.4. The Bertz CT molecular complexity index is 538. The minimum atomic E-state index is 0.874. The SMILES string of the molecule is CCNc1ncnc(Sc2ccc(C)cc2)c1CC. The topological polar surface area (TPSA) is 37.8 Å². The van der Waals surface area contributed by atoms with E-state index < -0.39 is 0 Å². The maximum atomic E-state index is 4.42. The molecule has 0 atom stereocenters. The predicted molar refractivity (Wildman–Crippen MR) is 80.9 cm³/mol. The molecular weight excluding hydrogens is 254 g/mol. The Labute approximate surface area is 118 Å². The molecule has 0 unspecified atom stereocenters. The monoisotopic (exact) mass is 273 g/mol. The van der Waals surface area contributed by atoms with E-state index in [1.54, 1.807) is 18.1 Å². The van der Waals surface area contributed by atoms with Crippen LogP contribution < -0.4 is 5.32 Å². The fourth-order valence-electron chi connectivity index (χ4n) is 1.84. The summed E-state index contributed by atoms with van der Waals surface area (Å²) in [5.74, 6) is 0.953. The van der Waals surface area contributed by atoms with Crippen molar-refractivity contribution >= 4 is 17.6 Å². The molecule has 2 aromatic rings. The highest BCUT2D eigenvalue weighted by Crippen LogP contribution is 2.31. The van der Waals surface area contributed by atoms with E-state index in [0.717, 1.165) is 23.8 Å². The highest BCUT2D eigenvalue weighted by Gasteiger charge is 2.10. The van der Waals surface area contributed by atoms with Gasteiger partial charge in [0.25, 0.3) is 0 Å². The first-order chi connectivity index (χ1) is 9.24. The van der Waals surface area contributed by atoms with Gasteiger partial charge in [-0.3, -0.25) is 0 Å². The van der Waals surface area contributed by atoms with Gasteiger partial charge in [-0.05, 0) is 32.4 Å². The Morgan fingerprint density at radius 1 is 1.11 bits per heavy atom. The van der Waals surface area contributed by atoms with Crippen LogP contribution in [0.25, 0.3) is 0 Å².